The zero-order chi connectivity index (χ0) is 57.8. The van der Waals surface area contributed by atoms with Crippen LogP contribution in [-0.2, 0) is 28.6 Å². The van der Waals surface area contributed by atoms with Gasteiger partial charge in [0.1, 0.15) is 13.2 Å². The van der Waals surface area contributed by atoms with Crippen LogP contribution in [0.15, 0.2) is 85.1 Å². The summed E-state index contributed by atoms with van der Waals surface area (Å²) in [5.41, 5.74) is 0. The van der Waals surface area contributed by atoms with Crippen LogP contribution in [0.25, 0.3) is 0 Å². The van der Waals surface area contributed by atoms with E-state index in [1.165, 1.54) is 199 Å². The van der Waals surface area contributed by atoms with E-state index in [9.17, 15) is 14.4 Å². The van der Waals surface area contributed by atoms with E-state index in [1.54, 1.807) is 0 Å². The third kappa shape index (κ3) is 65.4. The van der Waals surface area contributed by atoms with E-state index >= 15 is 0 Å². The quantitative estimate of drug-likeness (QED) is 0.0261. The summed E-state index contributed by atoms with van der Waals surface area (Å²) in [6.45, 7) is 6.57. The fraction of sp³-hybridized carbons (Fsp3) is 0.770. The molecule has 462 valence electrons. The molecule has 0 radical (unpaired) electrons. The first-order valence-corrected chi connectivity index (χ1v) is 34.6. The second kappa shape index (κ2) is 68.1. The molecule has 0 amide bonds. The van der Waals surface area contributed by atoms with Crippen LogP contribution in [0.3, 0.4) is 0 Å². The summed E-state index contributed by atoms with van der Waals surface area (Å²) in [6.07, 6.45) is 90.2. The van der Waals surface area contributed by atoms with Gasteiger partial charge in [-0.1, -0.05) is 337 Å². The molecule has 1 atom stereocenters. The second-order valence-electron chi connectivity index (χ2n) is 23.1. The predicted molar refractivity (Wildman–Crippen MR) is 348 cm³/mol. The largest absolute Gasteiger partial charge is 0.462 e. The molecule has 0 N–H and O–H groups in total. The van der Waals surface area contributed by atoms with Gasteiger partial charge in [-0.05, 0) is 77.0 Å². The van der Waals surface area contributed by atoms with Crippen molar-refractivity contribution in [3.63, 3.8) is 0 Å². The Balaban J connectivity index is 4.32. The Labute approximate surface area is 496 Å². The maximum absolute atomic E-state index is 12.9. The number of hydrogen-bond acceptors (Lipinski definition) is 6. The number of carbonyl (C=O) groups excluding carboxylic acids is 3. The molecular formula is C74H130O6. The first kappa shape index (κ1) is 76.6. The van der Waals surface area contributed by atoms with Gasteiger partial charge in [0.15, 0.2) is 6.10 Å². The fourth-order valence-electron chi connectivity index (χ4n) is 10.0. The summed E-state index contributed by atoms with van der Waals surface area (Å²) in [5.74, 6) is -0.865. The van der Waals surface area contributed by atoms with E-state index in [-0.39, 0.29) is 31.1 Å². The molecule has 0 aromatic carbocycles. The molecule has 0 rings (SSSR count). The highest BCUT2D eigenvalue weighted by Gasteiger charge is 2.19. The lowest BCUT2D eigenvalue weighted by atomic mass is 10.0. The Hall–Kier alpha value is -3.41. The number of carbonyl (C=O) groups is 3. The summed E-state index contributed by atoms with van der Waals surface area (Å²) in [4.78, 5) is 38.4. The van der Waals surface area contributed by atoms with Crippen molar-refractivity contribution >= 4 is 17.9 Å². The summed E-state index contributed by atoms with van der Waals surface area (Å²) < 4.78 is 17.0. The second-order valence-corrected chi connectivity index (χ2v) is 23.1. The molecule has 0 aliphatic heterocycles. The lowest BCUT2D eigenvalue weighted by Crippen LogP contribution is -2.30. The van der Waals surface area contributed by atoms with Crippen LogP contribution >= 0.6 is 0 Å². The lowest BCUT2D eigenvalue weighted by molar-refractivity contribution is -0.167. The molecular weight excluding hydrogens is 985 g/mol. The molecule has 0 aromatic heterocycles. The lowest BCUT2D eigenvalue weighted by Gasteiger charge is -2.18. The monoisotopic (exact) mass is 1110 g/mol. The van der Waals surface area contributed by atoms with E-state index in [1.807, 2.05) is 0 Å². The molecule has 0 fully saturated rings. The maximum Gasteiger partial charge on any atom is 0.306 e. The van der Waals surface area contributed by atoms with E-state index in [0.29, 0.717) is 19.3 Å². The Bertz CT molecular complexity index is 1520. The van der Waals surface area contributed by atoms with Crippen LogP contribution in [-0.4, -0.2) is 37.2 Å². The summed E-state index contributed by atoms with van der Waals surface area (Å²) in [5, 5.41) is 0. The van der Waals surface area contributed by atoms with E-state index in [0.717, 1.165) is 109 Å². The van der Waals surface area contributed by atoms with Gasteiger partial charge < -0.3 is 14.2 Å². The molecule has 6 heteroatoms. The molecule has 0 aliphatic carbocycles. The van der Waals surface area contributed by atoms with Crippen LogP contribution in [0.5, 0.6) is 0 Å². The number of ether oxygens (including phenoxy) is 3. The minimum atomic E-state index is -0.779. The predicted octanol–water partition coefficient (Wildman–Crippen LogP) is 23.8. The van der Waals surface area contributed by atoms with Crippen LogP contribution in [0, 0.1) is 0 Å². The van der Waals surface area contributed by atoms with Gasteiger partial charge in [0.25, 0.3) is 0 Å². The average Bonchev–Trinajstić information content (AvgIpc) is 3.46. The van der Waals surface area contributed by atoms with Crippen LogP contribution in [0.4, 0.5) is 0 Å². The highest BCUT2D eigenvalue weighted by molar-refractivity contribution is 5.71. The number of hydrogen-bond donors (Lipinski definition) is 0. The number of allylic oxidation sites excluding steroid dienone is 14. The highest BCUT2D eigenvalue weighted by atomic mass is 16.6. The van der Waals surface area contributed by atoms with Gasteiger partial charge in [-0.25, -0.2) is 0 Å². The van der Waals surface area contributed by atoms with Gasteiger partial charge in [0.2, 0.25) is 0 Å². The standard InChI is InChI=1S/C74H130O6/c1-4-7-10-13-16-19-22-25-28-30-32-33-34-35-36-37-38-39-40-41-42-44-46-49-52-55-58-61-64-67-73(76)79-70-71(69-78-72(75)66-63-60-57-54-51-48-45-27-24-21-18-15-12-9-6-3)80-74(77)68-65-62-59-56-53-50-47-43-31-29-26-23-20-17-14-11-8-5-2/h7,10,16,19,25,28,32-33,35-36,38-39,41-42,71H,4-6,8-9,11-15,17-18,20-24,26-27,29-31,34,37,40,43-70H2,1-3H3/b10-7-,19-16-,28-25-,33-32-,36-35-,39-38-,42-41-. The third-order valence-corrected chi connectivity index (χ3v) is 15.2. The van der Waals surface area contributed by atoms with E-state index in [4.69, 9.17) is 14.2 Å². The third-order valence-electron chi connectivity index (χ3n) is 15.2. The van der Waals surface area contributed by atoms with Crippen molar-refractivity contribution in [2.45, 2.75) is 354 Å². The molecule has 80 heavy (non-hydrogen) atoms. The zero-order valence-corrected chi connectivity index (χ0v) is 53.1. The van der Waals surface area contributed by atoms with Crippen molar-refractivity contribution in [3.05, 3.63) is 85.1 Å². The minimum Gasteiger partial charge on any atom is -0.462 e. The van der Waals surface area contributed by atoms with Crippen LogP contribution in [0.2, 0.25) is 0 Å². The van der Waals surface area contributed by atoms with Crippen molar-refractivity contribution in [3.8, 4) is 0 Å². The van der Waals surface area contributed by atoms with Gasteiger partial charge in [0.05, 0.1) is 0 Å². The van der Waals surface area contributed by atoms with E-state index in [2.05, 4.69) is 106 Å². The summed E-state index contributed by atoms with van der Waals surface area (Å²) in [6, 6.07) is 0. The van der Waals surface area contributed by atoms with Crippen molar-refractivity contribution in [1.82, 2.24) is 0 Å². The normalized spacial score (nSPS) is 12.6. The van der Waals surface area contributed by atoms with Gasteiger partial charge in [0, 0.05) is 19.3 Å². The Morgan fingerprint density at radius 2 is 0.487 bits per heavy atom. The number of rotatable bonds is 63. The van der Waals surface area contributed by atoms with Crippen molar-refractivity contribution in [2.75, 3.05) is 13.2 Å². The maximum atomic E-state index is 12.9. The molecule has 0 heterocycles. The fourth-order valence-corrected chi connectivity index (χ4v) is 10.0. The number of unbranched alkanes of at least 4 members (excludes halogenated alkanes) is 38. The van der Waals surface area contributed by atoms with Gasteiger partial charge in [-0.3, -0.25) is 14.4 Å². The first-order valence-electron chi connectivity index (χ1n) is 34.6. The topological polar surface area (TPSA) is 78.9 Å². The first-order chi connectivity index (χ1) is 39.5. The molecule has 1 unspecified atom stereocenters. The molecule has 0 saturated carbocycles. The Kier molecular flexibility index (Phi) is 65.2. The Morgan fingerprint density at radius 3 is 0.762 bits per heavy atom. The van der Waals surface area contributed by atoms with Gasteiger partial charge in [-0.2, -0.15) is 0 Å². The zero-order valence-electron chi connectivity index (χ0n) is 53.1. The smallest absolute Gasteiger partial charge is 0.306 e. The SMILES string of the molecule is CC/C=C\C/C=C\C/C=C\C/C=C\C/C=C\C/C=C\C/C=C\CCCCCCCCCC(=O)OCC(COC(=O)CCCCCCCCCCCCCCCCC)OC(=O)CCCCCCCCCCCCCCCCCCCC. The van der Waals surface area contributed by atoms with Gasteiger partial charge >= 0.3 is 17.9 Å². The molecule has 0 bridgehead atoms. The molecule has 0 saturated heterocycles. The average molecular weight is 1120 g/mol. The van der Waals surface area contributed by atoms with Crippen molar-refractivity contribution in [2.24, 2.45) is 0 Å². The van der Waals surface area contributed by atoms with Gasteiger partial charge in [-0.15, -0.1) is 0 Å². The minimum absolute atomic E-state index is 0.0744. The highest BCUT2D eigenvalue weighted by Crippen LogP contribution is 2.18. The summed E-state index contributed by atoms with van der Waals surface area (Å²) in [7, 11) is 0. The van der Waals surface area contributed by atoms with Crippen molar-refractivity contribution in [1.29, 1.82) is 0 Å². The van der Waals surface area contributed by atoms with Crippen molar-refractivity contribution < 1.29 is 28.6 Å². The molecule has 0 spiro atoms. The number of esters is 3. The molecule has 0 aromatic rings. The van der Waals surface area contributed by atoms with E-state index < -0.39 is 6.10 Å². The molecule has 6 nitrogen and oxygen atoms in total. The van der Waals surface area contributed by atoms with Crippen LogP contribution in [0.1, 0.15) is 348 Å². The summed E-state index contributed by atoms with van der Waals surface area (Å²) >= 11 is 0. The van der Waals surface area contributed by atoms with Crippen LogP contribution < -0.4 is 0 Å². The molecule has 0 aliphatic rings. The Morgan fingerprint density at radius 1 is 0.263 bits per heavy atom.